The van der Waals surface area contributed by atoms with Crippen LogP contribution in [-0.4, -0.2) is 4.98 Å². The third-order valence-electron chi connectivity index (χ3n) is 1.45. The van der Waals surface area contributed by atoms with Crippen LogP contribution in [0.25, 0.3) is 10.1 Å². The van der Waals surface area contributed by atoms with E-state index in [1.54, 1.807) is 11.3 Å². The number of aromatic nitrogens is 1. The monoisotopic (exact) mass is 228 g/mol. The van der Waals surface area contributed by atoms with E-state index in [4.69, 9.17) is 5.73 Å². The predicted octanol–water partition coefficient (Wildman–Crippen LogP) is 2.64. The Labute approximate surface area is 76.2 Å². The Morgan fingerprint density at radius 1 is 1.55 bits per heavy atom. The SMILES string of the molecule is Nc1nc(Br)cc2sccc12. The number of nitrogens with two attached hydrogens (primary N) is 1. The molecule has 2 heterocycles. The molecule has 0 fully saturated rings. The number of nitrogens with zero attached hydrogens (tertiary/aromatic N) is 1. The fraction of sp³-hybridized carbons (Fsp3) is 0. The zero-order valence-corrected chi connectivity index (χ0v) is 7.95. The van der Waals surface area contributed by atoms with E-state index in [2.05, 4.69) is 20.9 Å². The van der Waals surface area contributed by atoms with Crippen LogP contribution in [0.1, 0.15) is 0 Å². The minimum Gasteiger partial charge on any atom is -0.383 e. The molecule has 0 saturated heterocycles. The smallest absolute Gasteiger partial charge is 0.133 e. The zero-order chi connectivity index (χ0) is 7.84. The molecule has 0 saturated carbocycles. The van der Waals surface area contributed by atoms with Gasteiger partial charge in [0.25, 0.3) is 0 Å². The van der Waals surface area contributed by atoms with Gasteiger partial charge in [0.2, 0.25) is 0 Å². The van der Waals surface area contributed by atoms with E-state index in [0.29, 0.717) is 5.82 Å². The van der Waals surface area contributed by atoms with Crippen molar-refractivity contribution in [3.05, 3.63) is 22.1 Å². The lowest BCUT2D eigenvalue weighted by molar-refractivity contribution is 1.32. The molecule has 0 spiro atoms. The van der Waals surface area contributed by atoms with Crippen LogP contribution in [0, 0.1) is 0 Å². The zero-order valence-electron chi connectivity index (χ0n) is 5.54. The summed E-state index contributed by atoms with van der Waals surface area (Å²) in [4.78, 5) is 4.08. The third-order valence-corrected chi connectivity index (χ3v) is 2.72. The molecule has 2 nitrogen and oxygen atoms in total. The Balaban J connectivity index is 2.91. The lowest BCUT2D eigenvalue weighted by atomic mass is 10.3. The van der Waals surface area contributed by atoms with Crippen molar-refractivity contribution < 1.29 is 0 Å². The highest BCUT2D eigenvalue weighted by Crippen LogP contribution is 2.27. The maximum atomic E-state index is 5.67. The van der Waals surface area contributed by atoms with Gasteiger partial charge in [0.15, 0.2) is 0 Å². The van der Waals surface area contributed by atoms with Gasteiger partial charge in [0.05, 0.1) is 0 Å². The van der Waals surface area contributed by atoms with E-state index in [9.17, 15) is 0 Å². The highest BCUT2D eigenvalue weighted by molar-refractivity contribution is 9.10. The van der Waals surface area contributed by atoms with E-state index >= 15 is 0 Å². The fourth-order valence-corrected chi connectivity index (χ4v) is 2.36. The summed E-state index contributed by atoms with van der Waals surface area (Å²) in [6.45, 7) is 0. The molecule has 11 heavy (non-hydrogen) atoms. The van der Waals surface area contributed by atoms with Crippen LogP contribution >= 0.6 is 27.3 Å². The quantitative estimate of drug-likeness (QED) is 0.705. The van der Waals surface area contributed by atoms with Crippen molar-refractivity contribution in [1.82, 2.24) is 4.98 Å². The van der Waals surface area contributed by atoms with Crippen LogP contribution in [0.4, 0.5) is 5.82 Å². The average Bonchev–Trinajstić information content (AvgIpc) is 2.34. The Morgan fingerprint density at radius 2 is 2.36 bits per heavy atom. The van der Waals surface area contributed by atoms with Crippen LogP contribution in [0.3, 0.4) is 0 Å². The van der Waals surface area contributed by atoms with Gasteiger partial charge in [-0.15, -0.1) is 11.3 Å². The lowest BCUT2D eigenvalue weighted by Crippen LogP contribution is -1.89. The highest BCUT2D eigenvalue weighted by atomic mass is 79.9. The summed E-state index contributed by atoms with van der Waals surface area (Å²) >= 11 is 4.95. The molecule has 0 aliphatic rings. The summed E-state index contributed by atoms with van der Waals surface area (Å²) in [5.74, 6) is 0.593. The molecule has 0 aliphatic carbocycles. The lowest BCUT2D eigenvalue weighted by Gasteiger charge is -1.95. The van der Waals surface area contributed by atoms with Crippen LogP contribution in [0.2, 0.25) is 0 Å². The minimum atomic E-state index is 0.593. The fourth-order valence-electron chi connectivity index (χ4n) is 0.960. The molecule has 0 unspecified atom stereocenters. The number of rotatable bonds is 0. The third kappa shape index (κ3) is 1.12. The maximum Gasteiger partial charge on any atom is 0.133 e. The van der Waals surface area contributed by atoms with E-state index in [1.807, 2.05) is 17.5 Å². The Morgan fingerprint density at radius 3 is 3.18 bits per heavy atom. The summed E-state index contributed by atoms with van der Waals surface area (Å²) in [6.07, 6.45) is 0. The van der Waals surface area contributed by atoms with E-state index in [0.717, 1.165) is 9.99 Å². The second kappa shape index (κ2) is 2.46. The van der Waals surface area contributed by atoms with Crippen LogP contribution in [0.5, 0.6) is 0 Å². The first-order valence-electron chi connectivity index (χ1n) is 3.06. The number of anilines is 1. The first kappa shape index (κ1) is 7.06. The topological polar surface area (TPSA) is 38.9 Å². The van der Waals surface area contributed by atoms with Crippen molar-refractivity contribution >= 4 is 43.2 Å². The summed E-state index contributed by atoms with van der Waals surface area (Å²) in [6, 6.07) is 3.95. The van der Waals surface area contributed by atoms with Crippen LogP contribution in [0.15, 0.2) is 22.1 Å². The number of halogens is 1. The molecule has 2 rings (SSSR count). The average molecular weight is 229 g/mol. The molecular formula is C7H5BrN2S. The summed E-state index contributed by atoms with van der Waals surface area (Å²) in [5.41, 5.74) is 5.67. The van der Waals surface area contributed by atoms with Crippen molar-refractivity contribution in [2.75, 3.05) is 5.73 Å². The van der Waals surface area contributed by atoms with E-state index in [1.165, 1.54) is 4.70 Å². The first-order valence-corrected chi connectivity index (χ1v) is 4.74. The molecule has 0 atom stereocenters. The molecule has 2 N–H and O–H groups in total. The minimum absolute atomic E-state index is 0.593. The number of hydrogen-bond donors (Lipinski definition) is 1. The molecular weight excluding hydrogens is 224 g/mol. The van der Waals surface area contributed by atoms with Crippen LogP contribution < -0.4 is 5.73 Å². The largest absolute Gasteiger partial charge is 0.383 e. The van der Waals surface area contributed by atoms with Gasteiger partial charge in [-0.3, -0.25) is 0 Å². The van der Waals surface area contributed by atoms with Gasteiger partial charge in [0, 0.05) is 10.1 Å². The molecule has 2 aromatic rings. The number of hydrogen-bond acceptors (Lipinski definition) is 3. The van der Waals surface area contributed by atoms with Crippen molar-refractivity contribution in [3.63, 3.8) is 0 Å². The van der Waals surface area contributed by atoms with Crippen molar-refractivity contribution in [2.24, 2.45) is 0 Å². The van der Waals surface area contributed by atoms with Gasteiger partial charge in [0.1, 0.15) is 10.4 Å². The number of pyridine rings is 1. The van der Waals surface area contributed by atoms with Gasteiger partial charge < -0.3 is 5.73 Å². The molecule has 2 aromatic heterocycles. The Kier molecular flexibility index (Phi) is 1.58. The number of nitrogen functional groups attached to an aromatic ring is 1. The van der Waals surface area contributed by atoms with E-state index in [-0.39, 0.29) is 0 Å². The molecule has 0 amide bonds. The molecule has 0 aliphatic heterocycles. The number of thiophene rings is 1. The molecule has 0 radical (unpaired) electrons. The first-order chi connectivity index (χ1) is 5.27. The summed E-state index contributed by atoms with van der Waals surface area (Å²) < 4.78 is 1.97. The van der Waals surface area contributed by atoms with Crippen molar-refractivity contribution in [1.29, 1.82) is 0 Å². The molecule has 56 valence electrons. The van der Waals surface area contributed by atoms with Crippen molar-refractivity contribution in [3.8, 4) is 0 Å². The Hall–Kier alpha value is -0.610. The highest BCUT2D eigenvalue weighted by Gasteiger charge is 2.01. The molecule has 0 bridgehead atoms. The van der Waals surface area contributed by atoms with E-state index < -0.39 is 0 Å². The second-order valence-electron chi connectivity index (χ2n) is 2.16. The molecule has 4 heteroatoms. The van der Waals surface area contributed by atoms with Gasteiger partial charge >= 0.3 is 0 Å². The normalized spacial score (nSPS) is 10.6. The molecule has 0 aromatic carbocycles. The predicted molar refractivity (Wildman–Crippen MR) is 51.7 cm³/mol. The standard InChI is InChI=1S/C7H5BrN2S/c8-6-3-5-4(1-2-11-5)7(9)10-6/h1-3H,(H2,9,10). The summed E-state index contributed by atoms with van der Waals surface area (Å²) in [7, 11) is 0. The summed E-state index contributed by atoms with van der Waals surface area (Å²) in [5, 5.41) is 3.05. The van der Waals surface area contributed by atoms with Gasteiger partial charge in [-0.2, -0.15) is 0 Å². The maximum absolute atomic E-state index is 5.67. The van der Waals surface area contributed by atoms with Gasteiger partial charge in [-0.25, -0.2) is 4.98 Å². The van der Waals surface area contributed by atoms with Gasteiger partial charge in [-0.1, -0.05) is 0 Å². The van der Waals surface area contributed by atoms with Crippen LogP contribution in [-0.2, 0) is 0 Å². The Bertz CT molecular complexity index is 396. The second-order valence-corrected chi connectivity index (χ2v) is 3.92. The van der Waals surface area contributed by atoms with Crippen molar-refractivity contribution in [2.45, 2.75) is 0 Å². The number of fused-ring (bicyclic) bond motifs is 1. The van der Waals surface area contributed by atoms with Gasteiger partial charge in [-0.05, 0) is 33.4 Å².